The predicted molar refractivity (Wildman–Crippen MR) is 67.0 cm³/mol. The van der Waals surface area contributed by atoms with Crippen LogP contribution in [0.5, 0.6) is 5.75 Å². The Morgan fingerprint density at radius 1 is 1.31 bits per heavy atom. The lowest BCUT2D eigenvalue weighted by Crippen LogP contribution is -2.09. The van der Waals surface area contributed by atoms with Crippen LogP contribution >= 0.6 is 24.8 Å². The number of nitrogens with two attached hydrogens (primary N) is 2. The highest BCUT2D eigenvalue weighted by Crippen LogP contribution is 2.11. The molecule has 8 heteroatoms. The minimum absolute atomic E-state index is 0. The van der Waals surface area contributed by atoms with Gasteiger partial charge in [-0.25, -0.2) is 0 Å². The Morgan fingerprint density at radius 3 is 2.56 bits per heavy atom. The van der Waals surface area contributed by atoms with Gasteiger partial charge in [0, 0.05) is 0 Å². The maximum atomic E-state index is 9.13. The highest BCUT2D eigenvalue weighted by atomic mass is 35.5. The van der Waals surface area contributed by atoms with E-state index in [-0.39, 0.29) is 36.5 Å². The molecule has 90 valence electrons. The van der Waals surface area contributed by atoms with Gasteiger partial charge in [-0.2, -0.15) is 5.11 Å². The highest BCUT2D eigenvalue weighted by molar-refractivity contribution is 5.85. The summed E-state index contributed by atoms with van der Waals surface area (Å²) in [6, 6.07) is 6.71. The number of aromatic hydroxyl groups is 1. The number of rotatable bonds is 2. The van der Waals surface area contributed by atoms with Gasteiger partial charge in [0.05, 0.1) is 6.54 Å². The summed E-state index contributed by atoms with van der Waals surface area (Å²) in [6.07, 6.45) is 0. The molecule has 0 amide bonds. The second kappa shape index (κ2) is 8.75. The van der Waals surface area contributed by atoms with Crippen molar-refractivity contribution < 1.29 is 5.11 Å². The number of hydrogen-bond acceptors (Lipinski definition) is 4. The van der Waals surface area contributed by atoms with Gasteiger partial charge in [-0.1, -0.05) is 12.1 Å². The monoisotopic (exact) mass is 265 g/mol. The number of guanidine groups is 1. The third-order valence-electron chi connectivity index (χ3n) is 1.47. The van der Waals surface area contributed by atoms with Crippen LogP contribution in [0.1, 0.15) is 5.56 Å². The zero-order chi connectivity index (χ0) is 10.4. The molecular weight excluding hydrogens is 253 g/mol. The normalized spacial score (nSPS) is 10.6. The minimum atomic E-state index is -0.0786. The molecule has 6 nitrogen and oxygen atoms in total. The summed E-state index contributed by atoms with van der Waals surface area (Å²) in [5.74, 6) is 4.96. The lowest BCUT2D eigenvalue weighted by atomic mass is 10.2. The number of phenols is 1. The van der Waals surface area contributed by atoms with Crippen LogP contribution in [0.4, 0.5) is 0 Å². The van der Waals surface area contributed by atoms with Gasteiger partial charge in [-0.15, -0.1) is 35.0 Å². The molecule has 1 rings (SSSR count). The number of hydrazone groups is 1. The zero-order valence-electron chi connectivity index (χ0n) is 8.28. The highest BCUT2D eigenvalue weighted by Gasteiger charge is 1.92. The first kappa shape index (κ1) is 16.9. The predicted octanol–water partition coefficient (Wildman–Crippen LogP) is 1.38. The smallest absolute Gasteiger partial charge is 0.255 e. The van der Waals surface area contributed by atoms with Gasteiger partial charge in [0.15, 0.2) is 0 Å². The number of hydrogen-bond donors (Lipinski definition) is 3. The first-order valence-electron chi connectivity index (χ1n) is 3.91. The number of phenolic OH excluding ortho intramolecular Hbond substituents is 1. The quantitative estimate of drug-likeness (QED) is 0.247. The van der Waals surface area contributed by atoms with Crippen molar-refractivity contribution in [3.8, 4) is 5.75 Å². The maximum absolute atomic E-state index is 9.13. The number of halogens is 2. The Hall–Kier alpha value is -1.53. The first-order chi connectivity index (χ1) is 6.72. The summed E-state index contributed by atoms with van der Waals surface area (Å²) in [7, 11) is 0. The van der Waals surface area contributed by atoms with Crippen LogP contribution in [0.3, 0.4) is 0 Å². The van der Waals surface area contributed by atoms with Crippen molar-refractivity contribution in [3.63, 3.8) is 0 Å². The third kappa shape index (κ3) is 6.05. The minimum Gasteiger partial charge on any atom is -0.508 e. The maximum Gasteiger partial charge on any atom is 0.255 e. The Morgan fingerprint density at radius 2 is 2.00 bits per heavy atom. The summed E-state index contributed by atoms with van der Waals surface area (Å²) in [5, 5.41) is 19.5. The Kier molecular flexibility index (Phi) is 9.24. The summed E-state index contributed by atoms with van der Waals surface area (Å²) in [6.45, 7) is 0.324. The summed E-state index contributed by atoms with van der Waals surface area (Å²) in [4.78, 5) is 0. The molecule has 1 aromatic rings. The molecule has 0 unspecified atom stereocenters. The molecule has 0 aliphatic heterocycles. The molecule has 0 aromatic heterocycles. The van der Waals surface area contributed by atoms with Crippen LogP contribution in [0.15, 0.2) is 39.6 Å². The van der Waals surface area contributed by atoms with Crippen molar-refractivity contribution in [1.82, 2.24) is 0 Å². The van der Waals surface area contributed by atoms with Gasteiger partial charge >= 0.3 is 0 Å². The van der Waals surface area contributed by atoms with E-state index in [9.17, 15) is 0 Å². The molecule has 5 N–H and O–H groups in total. The molecule has 1 aromatic carbocycles. The van der Waals surface area contributed by atoms with E-state index in [0.29, 0.717) is 6.54 Å². The van der Waals surface area contributed by atoms with Crippen molar-refractivity contribution in [3.05, 3.63) is 29.8 Å². The summed E-state index contributed by atoms with van der Waals surface area (Å²) >= 11 is 0. The number of azo groups is 1. The van der Waals surface area contributed by atoms with E-state index in [1.807, 2.05) is 6.07 Å². The van der Waals surface area contributed by atoms with Gasteiger partial charge in [0.1, 0.15) is 5.75 Å². The van der Waals surface area contributed by atoms with Crippen molar-refractivity contribution in [2.24, 2.45) is 26.9 Å². The van der Waals surface area contributed by atoms with Crippen molar-refractivity contribution in [1.29, 1.82) is 0 Å². The molecular formula is C8H13Cl2N5O. The van der Waals surface area contributed by atoms with Crippen molar-refractivity contribution in [2.75, 3.05) is 0 Å². The number of nitrogens with zero attached hydrogens (tertiary/aromatic N) is 3. The first-order valence-corrected chi connectivity index (χ1v) is 3.91. The molecule has 0 heterocycles. The molecule has 0 atom stereocenters. The van der Waals surface area contributed by atoms with E-state index in [2.05, 4.69) is 15.3 Å². The summed E-state index contributed by atoms with van der Waals surface area (Å²) in [5.41, 5.74) is 6.01. The fraction of sp³-hybridized carbons (Fsp3) is 0.125. The second-order valence-corrected chi connectivity index (χ2v) is 2.56. The molecule has 0 fully saturated rings. The molecule has 0 radical (unpaired) electrons. The Labute approximate surface area is 105 Å². The van der Waals surface area contributed by atoms with Crippen molar-refractivity contribution in [2.45, 2.75) is 6.54 Å². The molecule has 0 saturated heterocycles. The van der Waals surface area contributed by atoms with Crippen LogP contribution in [0.2, 0.25) is 0 Å². The Balaban J connectivity index is 0. The second-order valence-electron chi connectivity index (χ2n) is 2.56. The molecule has 0 aliphatic rings. The van der Waals surface area contributed by atoms with Gasteiger partial charge in [0.25, 0.3) is 5.96 Å². The van der Waals surface area contributed by atoms with Crippen LogP contribution in [-0.2, 0) is 6.54 Å². The molecule has 0 aliphatic carbocycles. The standard InChI is InChI=1S/C8H11N5O.2ClH/c9-8(12-10)13-11-5-6-2-1-3-7(14)4-6;;/h1-4,14H,5,10H2,(H2,9,12);2*1H. The summed E-state index contributed by atoms with van der Waals surface area (Å²) < 4.78 is 0. The van der Waals surface area contributed by atoms with Crippen LogP contribution in [0.25, 0.3) is 0 Å². The van der Waals surface area contributed by atoms with E-state index in [4.69, 9.17) is 16.7 Å². The van der Waals surface area contributed by atoms with Gasteiger partial charge in [-0.05, 0) is 17.7 Å². The molecule has 0 saturated carbocycles. The topological polar surface area (TPSA) is 109 Å². The van der Waals surface area contributed by atoms with E-state index < -0.39 is 0 Å². The van der Waals surface area contributed by atoms with Gasteiger partial charge in [0.2, 0.25) is 0 Å². The largest absolute Gasteiger partial charge is 0.508 e. The van der Waals surface area contributed by atoms with Gasteiger partial charge < -0.3 is 16.7 Å². The lowest BCUT2D eigenvalue weighted by molar-refractivity contribution is 0.474. The van der Waals surface area contributed by atoms with Crippen LogP contribution < -0.4 is 11.6 Å². The van der Waals surface area contributed by atoms with E-state index in [0.717, 1.165) is 5.56 Å². The molecule has 0 bridgehead atoms. The van der Waals surface area contributed by atoms with Crippen LogP contribution in [0, 0.1) is 0 Å². The third-order valence-corrected chi connectivity index (χ3v) is 1.47. The number of benzene rings is 1. The van der Waals surface area contributed by atoms with Crippen LogP contribution in [-0.4, -0.2) is 11.1 Å². The SMILES string of the molecule is Cl.Cl.NN=C(N)N=NCc1cccc(O)c1. The zero-order valence-corrected chi connectivity index (χ0v) is 9.91. The van der Waals surface area contributed by atoms with E-state index in [1.54, 1.807) is 18.2 Å². The lowest BCUT2D eigenvalue weighted by Gasteiger charge is -1.95. The Bertz CT molecular complexity index is 369. The molecule has 16 heavy (non-hydrogen) atoms. The fourth-order valence-electron chi connectivity index (χ4n) is 0.870. The average Bonchev–Trinajstić information content (AvgIpc) is 2.17. The van der Waals surface area contributed by atoms with Crippen molar-refractivity contribution >= 4 is 30.8 Å². The van der Waals surface area contributed by atoms with E-state index in [1.165, 1.54) is 0 Å². The molecule has 0 spiro atoms. The van der Waals surface area contributed by atoms with Gasteiger partial charge in [-0.3, -0.25) is 0 Å². The fourth-order valence-corrected chi connectivity index (χ4v) is 0.870. The van der Waals surface area contributed by atoms with E-state index >= 15 is 0 Å². The average molecular weight is 266 g/mol.